The fourth-order valence-electron chi connectivity index (χ4n) is 2.23. The van der Waals surface area contributed by atoms with Crippen molar-refractivity contribution >= 4 is 50.6 Å². The zero-order valence-electron chi connectivity index (χ0n) is 13.6. The number of amides is 1. The van der Waals surface area contributed by atoms with E-state index in [1.165, 1.54) is 35.2 Å². The van der Waals surface area contributed by atoms with Gasteiger partial charge in [-0.15, -0.1) is 11.3 Å². The number of nitro benzene ring substituents is 1. The molecule has 1 N–H and O–H groups in total. The third kappa shape index (κ3) is 4.15. The Morgan fingerprint density at radius 2 is 2.12 bits per heavy atom. The van der Waals surface area contributed by atoms with Crippen molar-refractivity contribution in [2.45, 2.75) is 23.4 Å². The average Bonchev–Trinajstić information content (AvgIpc) is 2.95. The van der Waals surface area contributed by atoms with Gasteiger partial charge in [-0.05, 0) is 37.6 Å². The molecule has 0 spiro atoms. The molecule has 0 bridgehead atoms. The Bertz CT molecular complexity index is 955. The van der Waals surface area contributed by atoms with E-state index in [4.69, 9.17) is 0 Å². The van der Waals surface area contributed by atoms with Crippen LogP contribution >= 0.6 is 23.1 Å². The number of carbonyl (C=O) groups excluding carboxylic acids is 1. The SMILES string of the molecule is Cc1cccc(NC(=O)[C@@H](C)Sc2nc3ccc([N+](=O)[O-])cc3s2)c1. The molecule has 1 atom stereocenters. The number of benzene rings is 2. The number of fused-ring (bicyclic) bond motifs is 1. The highest BCUT2D eigenvalue weighted by Crippen LogP contribution is 2.34. The number of thiazole rings is 1. The Hall–Kier alpha value is -2.45. The van der Waals surface area contributed by atoms with Crippen molar-refractivity contribution in [1.82, 2.24) is 4.98 Å². The van der Waals surface area contributed by atoms with Crippen LogP contribution in [0.2, 0.25) is 0 Å². The molecule has 1 amide bonds. The highest BCUT2D eigenvalue weighted by Gasteiger charge is 2.18. The smallest absolute Gasteiger partial charge is 0.270 e. The lowest BCUT2D eigenvalue weighted by Gasteiger charge is -2.10. The van der Waals surface area contributed by atoms with Crippen molar-refractivity contribution in [2.75, 3.05) is 5.32 Å². The number of nitrogens with one attached hydrogen (secondary N) is 1. The Kier molecular flexibility index (Phi) is 5.00. The highest BCUT2D eigenvalue weighted by atomic mass is 32.2. The van der Waals surface area contributed by atoms with Crippen LogP contribution in [0, 0.1) is 17.0 Å². The normalized spacial score (nSPS) is 12.1. The number of hydrogen-bond donors (Lipinski definition) is 1. The average molecular weight is 373 g/mol. The first-order chi connectivity index (χ1) is 11.9. The van der Waals surface area contributed by atoms with Gasteiger partial charge in [0.1, 0.15) is 0 Å². The Morgan fingerprint density at radius 1 is 1.32 bits per heavy atom. The molecule has 8 heteroatoms. The van der Waals surface area contributed by atoms with Gasteiger partial charge in [-0.1, -0.05) is 23.9 Å². The summed E-state index contributed by atoms with van der Waals surface area (Å²) in [5.41, 5.74) is 2.57. The zero-order valence-corrected chi connectivity index (χ0v) is 15.2. The molecule has 3 aromatic rings. The van der Waals surface area contributed by atoms with Crippen LogP contribution in [0.1, 0.15) is 12.5 Å². The largest absolute Gasteiger partial charge is 0.325 e. The highest BCUT2D eigenvalue weighted by molar-refractivity contribution is 8.02. The van der Waals surface area contributed by atoms with E-state index in [-0.39, 0.29) is 16.8 Å². The van der Waals surface area contributed by atoms with Gasteiger partial charge in [0.25, 0.3) is 5.69 Å². The summed E-state index contributed by atoms with van der Waals surface area (Å²) in [5, 5.41) is 13.4. The number of hydrogen-bond acceptors (Lipinski definition) is 6. The topological polar surface area (TPSA) is 85.1 Å². The summed E-state index contributed by atoms with van der Waals surface area (Å²) >= 11 is 2.69. The summed E-state index contributed by atoms with van der Waals surface area (Å²) in [4.78, 5) is 27.2. The second-order valence-electron chi connectivity index (χ2n) is 5.51. The van der Waals surface area contributed by atoms with Crippen molar-refractivity contribution in [3.8, 4) is 0 Å². The Balaban J connectivity index is 1.71. The van der Waals surface area contributed by atoms with Crippen LogP contribution in [0.15, 0.2) is 46.8 Å². The predicted octanol–water partition coefficient (Wildman–Crippen LogP) is 4.63. The van der Waals surface area contributed by atoms with Gasteiger partial charge >= 0.3 is 0 Å². The molecular formula is C17H15N3O3S2. The van der Waals surface area contributed by atoms with Gasteiger partial charge in [0.15, 0.2) is 4.34 Å². The number of non-ortho nitro benzene ring substituents is 1. The second kappa shape index (κ2) is 7.20. The summed E-state index contributed by atoms with van der Waals surface area (Å²) < 4.78 is 1.45. The Labute approximate surface area is 152 Å². The van der Waals surface area contributed by atoms with Gasteiger partial charge in [0.2, 0.25) is 5.91 Å². The van der Waals surface area contributed by atoms with E-state index in [1.807, 2.05) is 38.1 Å². The molecule has 0 radical (unpaired) electrons. The van der Waals surface area contributed by atoms with Crippen LogP contribution in [-0.4, -0.2) is 21.1 Å². The predicted molar refractivity (Wildman–Crippen MR) is 101 cm³/mol. The lowest BCUT2D eigenvalue weighted by molar-refractivity contribution is -0.384. The van der Waals surface area contributed by atoms with E-state index in [1.54, 1.807) is 6.07 Å². The Morgan fingerprint density at radius 3 is 2.84 bits per heavy atom. The molecule has 0 saturated heterocycles. The molecule has 0 unspecified atom stereocenters. The van der Waals surface area contributed by atoms with Crippen molar-refractivity contribution < 1.29 is 9.72 Å². The maximum Gasteiger partial charge on any atom is 0.270 e. The van der Waals surface area contributed by atoms with E-state index < -0.39 is 4.92 Å². The van der Waals surface area contributed by atoms with E-state index in [0.717, 1.165) is 16.0 Å². The summed E-state index contributed by atoms with van der Waals surface area (Å²) in [6.45, 7) is 3.78. The van der Waals surface area contributed by atoms with Crippen LogP contribution in [0.25, 0.3) is 10.2 Å². The molecule has 1 heterocycles. The molecule has 3 rings (SSSR count). The maximum atomic E-state index is 12.3. The molecular weight excluding hydrogens is 358 g/mol. The quantitative estimate of drug-likeness (QED) is 0.400. The number of nitrogens with zero attached hydrogens (tertiary/aromatic N) is 2. The fourth-order valence-corrected chi connectivity index (χ4v) is 4.47. The number of aryl methyl sites for hydroxylation is 1. The molecule has 1 aromatic heterocycles. The molecule has 128 valence electrons. The van der Waals surface area contributed by atoms with Gasteiger partial charge in [-0.3, -0.25) is 14.9 Å². The molecule has 6 nitrogen and oxygen atoms in total. The lowest BCUT2D eigenvalue weighted by atomic mass is 10.2. The minimum atomic E-state index is -0.427. The van der Waals surface area contributed by atoms with Crippen LogP contribution in [0.4, 0.5) is 11.4 Å². The van der Waals surface area contributed by atoms with Crippen molar-refractivity contribution in [3.05, 3.63) is 58.1 Å². The van der Waals surface area contributed by atoms with Crippen molar-refractivity contribution in [1.29, 1.82) is 0 Å². The standard InChI is InChI=1S/C17H15N3O3S2/c1-10-4-3-5-12(8-10)18-16(21)11(2)24-17-19-14-7-6-13(20(22)23)9-15(14)25-17/h3-9,11H,1-2H3,(H,18,21)/t11-/m1/s1. The minimum absolute atomic E-state index is 0.0398. The van der Waals surface area contributed by atoms with Crippen LogP contribution < -0.4 is 5.32 Å². The van der Waals surface area contributed by atoms with Gasteiger partial charge in [0.05, 0.1) is 20.4 Å². The summed E-state index contributed by atoms with van der Waals surface area (Å²) in [6.07, 6.45) is 0. The summed E-state index contributed by atoms with van der Waals surface area (Å²) in [7, 11) is 0. The molecule has 0 aliphatic rings. The third-order valence-electron chi connectivity index (χ3n) is 3.50. The van der Waals surface area contributed by atoms with Crippen LogP contribution in [0.5, 0.6) is 0 Å². The molecule has 2 aromatic carbocycles. The molecule has 0 aliphatic carbocycles. The molecule has 0 fully saturated rings. The number of anilines is 1. The van der Waals surface area contributed by atoms with Crippen LogP contribution in [-0.2, 0) is 4.79 Å². The third-order valence-corrected chi connectivity index (χ3v) is 5.71. The zero-order chi connectivity index (χ0) is 18.0. The first-order valence-corrected chi connectivity index (χ1v) is 9.21. The van der Waals surface area contributed by atoms with E-state index in [2.05, 4.69) is 10.3 Å². The van der Waals surface area contributed by atoms with Gasteiger partial charge in [-0.2, -0.15) is 0 Å². The van der Waals surface area contributed by atoms with E-state index in [0.29, 0.717) is 9.86 Å². The number of nitro groups is 1. The number of thioether (sulfide) groups is 1. The number of rotatable bonds is 5. The monoisotopic (exact) mass is 373 g/mol. The first-order valence-electron chi connectivity index (χ1n) is 7.51. The maximum absolute atomic E-state index is 12.3. The number of aromatic nitrogens is 1. The molecule has 0 saturated carbocycles. The van der Waals surface area contributed by atoms with Gasteiger partial charge < -0.3 is 5.32 Å². The minimum Gasteiger partial charge on any atom is -0.325 e. The number of carbonyl (C=O) groups is 1. The van der Waals surface area contributed by atoms with E-state index in [9.17, 15) is 14.9 Å². The molecule has 25 heavy (non-hydrogen) atoms. The van der Waals surface area contributed by atoms with Gasteiger partial charge in [0, 0.05) is 17.8 Å². The summed E-state index contributed by atoms with van der Waals surface area (Å²) in [5.74, 6) is -0.110. The second-order valence-corrected chi connectivity index (χ2v) is 8.13. The van der Waals surface area contributed by atoms with Crippen molar-refractivity contribution in [2.24, 2.45) is 0 Å². The fraction of sp³-hybridized carbons (Fsp3) is 0.176. The molecule has 0 aliphatic heterocycles. The first kappa shape index (κ1) is 17.4. The summed E-state index contributed by atoms with van der Waals surface area (Å²) in [6, 6.07) is 12.2. The van der Waals surface area contributed by atoms with Gasteiger partial charge in [-0.25, -0.2) is 4.98 Å². The van der Waals surface area contributed by atoms with Crippen LogP contribution in [0.3, 0.4) is 0 Å². The van der Waals surface area contributed by atoms with E-state index >= 15 is 0 Å². The lowest BCUT2D eigenvalue weighted by Crippen LogP contribution is -2.22. The van der Waals surface area contributed by atoms with Crippen molar-refractivity contribution in [3.63, 3.8) is 0 Å².